The van der Waals surface area contributed by atoms with Gasteiger partial charge in [0, 0.05) is 11.4 Å². The molecule has 72 valence electrons. The van der Waals surface area contributed by atoms with Crippen molar-refractivity contribution in [2.24, 2.45) is 0 Å². The second kappa shape index (κ2) is 3.96. The monoisotopic (exact) mass is 252 g/mol. The van der Waals surface area contributed by atoms with Crippen LogP contribution in [0.2, 0.25) is 0 Å². The van der Waals surface area contributed by atoms with E-state index in [1.807, 2.05) is 30.3 Å². The van der Waals surface area contributed by atoms with E-state index < -0.39 is 0 Å². The molecule has 0 unspecified atom stereocenters. The summed E-state index contributed by atoms with van der Waals surface area (Å²) in [6.45, 7) is 0. The lowest BCUT2D eigenvalue weighted by molar-refractivity contribution is -0.136. The fraction of sp³-hybridized carbons (Fsp3) is 0.182. The fourth-order valence-corrected chi connectivity index (χ4v) is 1.81. The number of cyclic esters (lactones) is 1. The second-order valence-corrected chi connectivity index (χ2v) is 3.62. The van der Waals surface area contributed by atoms with Crippen LogP contribution in [-0.2, 0) is 9.53 Å². The van der Waals surface area contributed by atoms with E-state index >= 15 is 0 Å². The maximum atomic E-state index is 11.5. The average Bonchev–Trinajstić information content (AvgIpc) is 2.61. The molecular weight excluding hydrogens is 244 g/mol. The largest absolute Gasteiger partial charge is 0.430 e. The molecule has 2 rings (SSSR count). The van der Waals surface area contributed by atoms with E-state index in [0.717, 1.165) is 5.56 Å². The number of ether oxygens (including phenoxy) is 1. The Hall–Kier alpha value is -1.09. The molecule has 0 amide bonds. The van der Waals surface area contributed by atoms with Crippen molar-refractivity contribution < 1.29 is 9.53 Å². The minimum Gasteiger partial charge on any atom is -0.430 e. The minimum absolute atomic E-state index is 0.139. The summed E-state index contributed by atoms with van der Waals surface area (Å²) in [6.07, 6.45) is 0.647. The molecule has 1 heterocycles. The lowest BCUT2D eigenvalue weighted by atomic mass is 9.97. The summed E-state index contributed by atoms with van der Waals surface area (Å²) < 4.78 is 5.05. The predicted molar refractivity (Wildman–Crippen MR) is 56.9 cm³/mol. The van der Waals surface area contributed by atoms with Gasteiger partial charge in [0.1, 0.15) is 5.76 Å². The van der Waals surface area contributed by atoms with Crippen molar-refractivity contribution in [1.82, 2.24) is 0 Å². The highest BCUT2D eigenvalue weighted by atomic mass is 79.9. The van der Waals surface area contributed by atoms with Gasteiger partial charge in [-0.15, -0.1) is 0 Å². The summed E-state index contributed by atoms with van der Waals surface area (Å²) in [5.41, 5.74) is 1.02. The molecule has 0 radical (unpaired) electrons. The highest BCUT2D eigenvalue weighted by Crippen LogP contribution is 2.33. The Kier molecular flexibility index (Phi) is 2.68. The number of carbonyl (C=O) groups excluding carboxylic acids is 1. The summed E-state index contributed by atoms with van der Waals surface area (Å²) in [6, 6.07) is 9.69. The third-order valence-corrected chi connectivity index (χ3v) is 2.76. The maximum absolute atomic E-state index is 11.5. The molecule has 1 saturated heterocycles. The first kappa shape index (κ1) is 9.46. The SMILES string of the molecule is O=C1OC(=CBr)C[C@@H]1c1ccccc1. The van der Waals surface area contributed by atoms with E-state index in [4.69, 9.17) is 4.74 Å². The molecular formula is C11H9BrO2. The van der Waals surface area contributed by atoms with Gasteiger partial charge in [0.25, 0.3) is 0 Å². The Bertz CT molecular complexity index is 370. The number of halogens is 1. The molecule has 0 aliphatic carbocycles. The first-order chi connectivity index (χ1) is 6.81. The number of hydrogen-bond donors (Lipinski definition) is 0. The van der Waals surface area contributed by atoms with Gasteiger partial charge in [-0.25, -0.2) is 0 Å². The van der Waals surface area contributed by atoms with E-state index in [9.17, 15) is 4.79 Å². The molecule has 2 nitrogen and oxygen atoms in total. The van der Waals surface area contributed by atoms with E-state index in [2.05, 4.69) is 15.9 Å². The zero-order chi connectivity index (χ0) is 9.97. The lowest BCUT2D eigenvalue weighted by Gasteiger charge is -2.03. The Morgan fingerprint density at radius 2 is 2.07 bits per heavy atom. The second-order valence-electron chi connectivity index (χ2n) is 3.16. The Morgan fingerprint density at radius 3 is 2.64 bits per heavy atom. The van der Waals surface area contributed by atoms with E-state index in [1.54, 1.807) is 4.99 Å². The van der Waals surface area contributed by atoms with Gasteiger partial charge in [-0.2, -0.15) is 0 Å². The molecule has 1 fully saturated rings. The zero-order valence-electron chi connectivity index (χ0n) is 7.44. The van der Waals surface area contributed by atoms with Crippen molar-refractivity contribution in [3.8, 4) is 0 Å². The Balaban J connectivity index is 2.25. The highest BCUT2D eigenvalue weighted by molar-refractivity contribution is 9.11. The van der Waals surface area contributed by atoms with Gasteiger partial charge in [0.2, 0.25) is 0 Å². The Morgan fingerprint density at radius 1 is 1.36 bits per heavy atom. The summed E-state index contributed by atoms with van der Waals surface area (Å²) >= 11 is 3.16. The third-order valence-electron chi connectivity index (χ3n) is 2.25. The molecule has 0 bridgehead atoms. The number of rotatable bonds is 1. The third kappa shape index (κ3) is 1.73. The standard InChI is InChI=1S/C11H9BrO2/c12-7-9-6-10(11(13)14-9)8-4-2-1-3-5-8/h1-5,7,10H,6H2/t10-/m1/s1. The minimum atomic E-state index is -0.165. The van der Waals surface area contributed by atoms with Crippen molar-refractivity contribution >= 4 is 21.9 Å². The topological polar surface area (TPSA) is 26.3 Å². The van der Waals surface area contributed by atoms with Crippen LogP contribution in [0.3, 0.4) is 0 Å². The number of benzene rings is 1. The molecule has 3 heteroatoms. The van der Waals surface area contributed by atoms with Crippen LogP contribution in [-0.4, -0.2) is 5.97 Å². The molecule has 0 saturated carbocycles. The van der Waals surface area contributed by atoms with E-state index in [1.165, 1.54) is 0 Å². The summed E-state index contributed by atoms with van der Waals surface area (Å²) in [7, 11) is 0. The molecule has 14 heavy (non-hydrogen) atoms. The molecule has 0 N–H and O–H groups in total. The van der Waals surface area contributed by atoms with Gasteiger partial charge in [-0.05, 0) is 5.56 Å². The number of hydrogen-bond acceptors (Lipinski definition) is 2. The molecule has 1 aromatic rings. The quantitative estimate of drug-likeness (QED) is 0.719. The molecule has 0 spiro atoms. The van der Waals surface area contributed by atoms with Crippen LogP contribution in [0.25, 0.3) is 0 Å². The maximum Gasteiger partial charge on any atom is 0.318 e. The Labute approximate surface area is 90.7 Å². The molecule has 1 atom stereocenters. The zero-order valence-corrected chi connectivity index (χ0v) is 9.03. The highest BCUT2D eigenvalue weighted by Gasteiger charge is 2.31. The van der Waals surface area contributed by atoms with Crippen molar-refractivity contribution in [3.05, 3.63) is 46.6 Å². The van der Waals surface area contributed by atoms with Crippen LogP contribution in [0.4, 0.5) is 0 Å². The molecule has 1 aliphatic rings. The fourth-order valence-electron chi connectivity index (χ4n) is 1.53. The van der Waals surface area contributed by atoms with Gasteiger partial charge >= 0.3 is 5.97 Å². The molecule has 1 aliphatic heterocycles. The van der Waals surface area contributed by atoms with Crippen LogP contribution >= 0.6 is 15.9 Å². The van der Waals surface area contributed by atoms with Crippen LogP contribution in [0.15, 0.2) is 41.1 Å². The van der Waals surface area contributed by atoms with Crippen LogP contribution in [0.5, 0.6) is 0 Å². The van der Waals surface area contributed by atoms with Gasteiger partial charge in [0.15, 0.2) is 0 Å². The van der Waals surface area contributed by atoms with Crippen molar-refractivity contribution in [2.45, 2.75) is 12.3 Å². The molecule has 1 aromatic carbocycles. The van der Waals surface area contributed by atoms with Crippen LogP contribution in [0, 0.1) is 0 Å². The van der Waals surface area contributed by atoms with Crippen LogP contribution in [0.1, 0.15) is 17.9 Å². The predicted octanol–water partition coefficient (Wildman–Crippen LogP) is 2.95. The lowest BCUT2D eigenvalue weighted by Crippen LogP contribution is -2.04. The number of esters is 1. The van der Waals surface area contributed by atoms with Crippen molar-refractivity contribution in [1.29, 1.82) is 0 Å². The van der Waals surface area contributed by atoms with Crippen molar-refractivity contribution in [3.63, 3.8) is 0 Å². The van der Waals surface area contributed by atoms with E-state index in [-0.39, 0.29) is 11.9 Å². The van der Waals surface area contributed by atoms with Gasteiger partial charge in [-0.1, -0.05) is 46.3 Å². The first-order valence-corrected chi connectivity index (χ1v) is 5.28. The summed E-state index contributed by atoms with van der Waals surface area (Å²) in [5.74, 6) is 0.394. The number of allylic oxidation sites excluding steroid dienone is 1. The van der Waals surface area contributed by atoms with Gasteiger partial charge < -0.3 is 4.74 Å². The summed E-state index contributed by atoms with van der Waals surface area (Å²) in [5, 5.41) is 0. The average molecular weight is 253 g/mol. The number of carbonyl (C=O) groups is 1. The van der Waals surface area contributed by atoms with E-state index in [0.29, 0.717) is 12.2 Å². The normalized spacial score (nSPS) is 23.9. The smallest absolute Gasteiger partial charge is 0.318 e. The van der Waals surface area contributed by atoms with Crippen LogP contribution < -0.4 is 0 Å². The summed E-state index contributed by atoms with van der Waals surface area (Å²) in [4.78, 5) is 13.1. The van der Waals surface area contributed by atoms with Crippen molar-refractivity contribution in [2.75, 3.05) is 0 Å². The first-order valence-electron chi connectivity index (χ1n) is 4.37. The van der Waals surface area contributed by atoms with Gasteiger partial charge in [-0.3, -0.25) is 4.79 Å². The van der Waals surface area contributed by atoms with Gasteiger partial charge in [0.05, 0.1) is 5.92 Å². The molecule has 0 aromatic heterocycles.